The van der Waals surface area contributed by atoms with E-state index in [1.807, 2.05) is 19.1 Å². The van der Waals surface area contributed by atoms with E-state index in [1.165, 1.54) is 0 Å². The fourth-order valence-electron chi connectivity index (χ4n) is 2.22. The highest BCUT2D eigenvalue weighted by molar-refractivity contribution is 5.65. The van der Waals surface area contributed by atoms with Crippen LogP contribution in [0.1, 0.15) is 12.5 Å². The van der Waals surface area contributed by atoms with E-state index in [0.717, 1.165) is 30.9 Å². The smallest absolute Gasteiger partial charge is 0.292 e. The molecule has 92 valence electrons. The first-order chi connectivity index (χ1) is 8.09. The number of nitrogens with zero attached hydrogens (tertiary/aromatic N) is 2. The molecule has 1 N–H and O–H groups in total. The van der Waals surface area contributed by atoms with Crippen LogP contribution >= 0.6 is 0 Å². The number of nitro groups is 1. The van der Waals surface area contributed by atoms with Crippen LogP contribution in [0.5, 0.6) is 0 Å². The minimum absolute atomic E-state index is 0.207. The van der Waals surface area contributed by atoms with E-state index in [4.69, 9.17) is 0 Å². The normalized spacial score (nSPS) is 20.4. The molecule has 5 nitrogen and oxygen atoms in total. The summed E-state index contributed by atoms with van der Waals surface area (Å²) in [5, 5.41) is 14.4. The van der Waals surface area contributed by atoms with Crippen LogP contribution in [0.4, 0.5) is 11.4 Å². The Balaban J connectivity index is 2.39. The molecule has 2 rings (SSSR count). The maximum Gasteiger partial charge on any atom is 0.292 e. The Morgan fingerprint density at radius 3 is 2.94 bits per heavy atom. The largest absolute Gasteiger partial charge is 0.361 e. The molecule has 0 aromatic heterocycles. The minimum Gasteiger partial charge on any atom is -0.361 e. The molecule has 0 bridgehead atoms. The molecule has 1 aromatic carbocycles. The third-order valence-corrected chi connectivity index (χ3v) is 3.14. The van der Waals surface area contributed by atoms with Gasteiger partial charge in [-0.3, -0.25) is 10.1 Å². The zero-order valence-corrected chi connectivity index (χ0v) is 10.1. The van der Waals surface area contributed by atoms with Gasteiger partial charge in [0.15, 0.2) is 0 Å². The van der Waals surface area contributed by atoms with Crippen LogP contribution in [-0.2, 0) is 0 Å². The molecule has 0 amide bonds. The summed E-state index contributed by atoms with van der Waals surface area (Å²) in [5.41, 5.74) is 1.86. The topological polar surface area (TPSA) is 58.4 Å². The molecule has 1 aliphatic heterocycles. The monoisotopic (exact) mass is 235 g/mol. The average Bonchev–Trinajstić information content (AvgIpc) is 2.30. The molecular formula is C12H17N3O2. The predicted octanol–water partition coefficient (Wildman–Crippen LogP) is 1.70. The first-order valence-electron chi connectivity index (χ1n) is 5.82. The molecule has 0 spiro atoms. The van der Waals surface area contributed by atoms with E-state index in [-0.39, 0.29) is 16.7 Å². The van der Waals surface area contributed by atoms with Gasteiger partial charge in [-0.2, -0.15) is 0 Å². The van der Waals surface area contributed by atoms with E-state index in [9.17, 15) is 10.1 Å². The number of hydrogen-bond acceptors (Lipinski definition) is 4. The van der Waals surface area contributed by atoms with Gasteiger partial charge in [-0.05, 0) is 25.5 Å². The van der Waals surface area contributed by atoms with Gasteiger partial charge >= 0.3 is 0 Å². The van der Waals surface area contributed by atoms with E-state index in [1.54, 1.807) is 6.07 Å². The summed E-state index contributed by atoms with van der Waals surface area (Å²) in [4.78, 5) is 12.9. The third-order valence-electron chi connectivity index (χ3n) is 3.14. The summed E-state index contributed by atoms with van der Waals surface area (Å²) in [6, 6.07) is 5.71. The van der Waals surface area contributed by atoms with Crippen LogP contribution in [0, 0.1) is 17.0 Å². The molecule has 0 unspecified atom stereocenters. The zero-order chi connectivity index (χ0) is 12.4. The second-order valence-electron chi connectivity index (χ2n) is 4.50. The maximum absolute atomic E-state index is 11.1. The summed E-state index contributed by atoms with van der Waals surface area (Å²) in [5.74, 6) is 0. The average molecular weight is 235 g/mol. The van der Waals surface area contributed by atoms with Gasteiger partial charge in [0.05, 0.1) is 4.92 Å². The predicted molar refractivity (Wildman–Crippen MR) is 67.5 cm³/mol. The minimum atomic E-state index is -0.295. The van der Waals surface area contributed by atoms with Crippen molar-refractivity contribution in [3.63, 3.8) is 0 Å². The molecule has 1 fully saturated rings. The standard InChI is InChI=1S/C12H17N3O2/c1-9-3-4-11(12(7-9)15(16)17)14-6-5-13-8-10(14)2/h3-4,7,10,13H,5-6,8H2,1-2H3/t10-/m0/s1. The highest BCUT2D eigenvalue weighted by Gasteiger charge is 2.25. The second kappa shape index (κ2) is 4.71. The lowest BCUT2D eigenvalue weighted by atomic mass is 10.1. The maximum atomic E-state index is 11.1. The number of benzene rings is 1. The second-order valence-corrected chi connectivity index (χ2v) is 4.50. The quantitative estimate of drug-likeness (QED) is 0.626. The van der Waals surface area contributed by atoms with Crippen molar-refractivity contribution in [2.24, 2.45) is 0 Å². The van der Waals surface area contributed by atoms with Crippen molar-refractivity contribution in [1.29, 1.82) is 0 Å². The lowest BCUT2D eigenvalue weighted by Crippen LogP contribution is -2.50. The van der Waals surface area contributed by atoms with Gasteiger partial charge in [-0.25, -0.2) is 0 Å². The number of nitro benzene ring substituents is 1. The Labute approximate surface area is 101 Å². The van der Waals surface area contributed by atoms with Crippen molar-refractivity contribution >= 4 is 11.4 Å². The van der Waals surface area contributed by atoms with Crippen LogP contribution in [0.25, 0.3) is 0 Å². The summed E-state index contributed by atoms with van der Waals surface area (Å²) in [7, 11) is 0. The van der Waals surface area contributed by atoms with Crippen molar-refractivity contribution < 1.29 is 4.92 Å². The number of piperazine rings is 1. The molecule has 1 aromatic rings. The highest BCUT2D eigenvalue weighted by Crippen LogP contribution is 2.30. The summed E-state index contributed by atoms with van der Waals surface area (Å²) in [6.45, 7) is 6.50. The molecule has 0 saturated carbocycles. The Morgan fingerprint density at radius 2 is 2.29 bits per heavy atom. The van der Waals surface area contributed by atoms with E-state index >= 15 is 0 Å². The Bertz CT molecular complexity index is 434. The molecule has 1 atom stereocenters. The molecule has 1 saturated heterocycles. The first-order valence-corrected chi connectivity index (χ1v) is 5.82. The van der Waals surface area contributed by atoms with Crippen LogP contribution in [0.15, 0.2) is 18.2 Å². The van der Waals surface area contributed by atoms with E-state index in [0.29, 0.717) is 0 Å². The van der Waals surface area contributed by atoms with E-state index < -0.39 is 0 Å². The van der Waals surface area contributed by atoms with Gasteiger partial charge in [-0.1, -0.05) is 6.07 Å². The zero-order valence-electron chi connectivity index (χ0n) is 10.1. The molecule has 1 aliphatic rings. The fraction of sp³-hybridized carbons (Fsp3) is 0.500. The fourth-order valence-corrected chi connectivity index (χ4v) is 2.22. The van der Waals surface area contributed by atoms with Gasteiger partial charge in [0.2, 0.25) is 0 Å². The van der Waals surface area contributed by atoms with Gasteiger partial charge in [0.25, 0.3) is 5.69 Å². The summed E-state index contributed by atoms with van der Waals surface area (Å²) >= 11 is 0. The molecule has 1 heterocycles. The van der Waals surface area contributed by atoms with Crippen LogP contribution in [0.2, 0.25) is 0 Å². The van der Waals surface area contributed by atoms with Gasteiger partial charge in [0, 0.05) is 31.7 Å². The van der Waals surface area contributed by atoms with Crippen molar-refractivity contribution in [1.82, 2.24) is 5.32 Å². The molecule has 5 heteroatoms. The molecule has 0 radical (unpaired) electrons. The van der Waals surface area contributed by atoms with Crippen molar-refractivity contribution in [3.05, 3.63) is 33.9 Å². The van der Waals surface area contributed by atoms with Crippen molar-refractivity contribution in [2.75, 3.05) is 24.5 Å². The third kappa shape index (κ3) is 2.39. The SMILES string of the molecule is Cc1ccc(N2CCNC[C@@H]2C)c([N+](=O)[O-])c1. The van der Waals surface area contributed by atoms with Crippen LogP contribution < -0.4 is 10.2 Å². The summed E-state index contributed by atoms with van der Waals surface area (Å²) < 4.78 is 0. The molecule has 0 aliphatic carbocycles. The van der Waals surface area contributed by atoms with Crippen LogP contribution in [-0.4, -0.2) is 30.6 Å². The molecular weight excluding hydrogens is 218 g/mol. The summed E-state index contributed by atoms with van der Waals surface area (Å²) in [6.07, 6.45) is 0. The lowest BCUT2D eigenvalue weighted by Gasteiger charge is -2.35. The first kappa shape index (κ1) is 11.9. The molecule has 17 heavy (non-hydrogen) atoms. The lowest BCUT2D eigenvalue weighted by molar-refractivity contribution is -0.384. The number of anilines is 1. The Kier molecular flexibility index (Phi) is 3.28. The van der Waals surface area contributed by atoms with Gasteiger partial charge in [-0.15, -0.1) is 0 Å². The van der Waals surface area contributed by atoms with Gasteiger partial charge in [0.1, 0.15) is 5.69 Å². The van der Waals surface area contributed by atoms with Crippen molar-refractivity contribution in [3.8, 4) is 0 Å². The van der Waals surface area contributed by atoms with E-state index in [2.05, 4.69) is 17.1 Å². The van der Waals surface area contributed by atoms with Crippen LogP contribution in [0.3, 0.4) is 0 Å². The number of hydrogen-bond donors (Lipinski definition) is 1. The Morgan fingerprint density at radius 1 is 1.53 bits per heavy atom. The Hall–Kier alpha value is -1.62. The van der Waals surface area contributed by atoms with Gasteiger partial charge < -0.3 is 10.2 Å². The highest BCUT2D eigenvalue weighted by atomic mass is 16.6. The number of rotatable bonds is 2. The number of aryl methyl sites for hydroxylation is 1. The van der Waals surface area contributed by atoms with Crippen molar-refractivity contribution in [2.45, 2.75) is 19.9 Å². The number of nitrogens with one attached hydrogen (secondary N) is 1.